The fraction of sp³-hybridized carbons (Fsp3) is 0.0625. The van der Waals surface area contributed by atoms with E-state index >= 15 is 0 Å². The molecule has 0 fully saturated rings. The van der Waals surface area contributed by atoms with Gasteiger partial charge in [0.15, 0.2) is 5.78 Å². The summed E-state index contributed by atoms with van der Waals surface area (Å²) in [5, 5.41) is 2.73. The van der Waals surface area contributed by atoms with Crippen molar-refractivity contribution in [2.75, 3.05) is 5.32 Å². The zero-order chi connectivity index (χ0) is 14.8. The average molecular weight is 343 g/mol. The molecular weight excluding hydrogens is 332 g/mol. The topological polar surface area (TPSA) is 58.5 Å². The summed E-state index contributed by atoms with van der Waals surface area (Å²) < 4.78 is 0.921. The number of halogens is 1. The highest BCUT2D eigenvalue weighted by atomic mass is 79.9. The van der Waals surface area contributed by atoms with Gasteiger partial charge < -0.3 is 5.32 Å². The third-order valence-electron chi connectivity index (χ3n) is 3.21. The van der Waals surface area contributed by atoms with Crippen molar-refractivity contribution in [2.24, 2.45) is 10.9 Å². The summed E-state index contributed by atoms with van der Waals surface area (Å²) in [6.45, 7) is 0. The van der Waals surface area contributed by atoms with E-state index in [9.17, 15) is 9.59 Å². The number of amides is 1. The van der Waals surface area contributed by atoms with Gasteiger partial charge in [-0.25, -0.2) is 0 Å². The van der Waals surface area contributed by atoms with Crippen LogP contribution in [0.3, 0.4) is 0 Å². The largest absolute Gasteiger partial charge is 0.325 e. The number of nitrogens with one attached hydrogen (secondary N) is 1. The minimum absolute atomic E-state index is 0.227. The van der Waals surface area contributed by atoms with E-state index in [1.165, 1.54) is 6.21 Å². The lowest BCUT2D eigenvalue weighted by molar-refractivity contribution is -0.116. The number of hydrogen-bond donors (Lipinski definition) is 1. The summed E-state index contributed by atoms with van der Waals surface area (Å²) in [6.07, 6.45) is 1.40. The molecule has 0 saturated carbocycles. The Balaban J connectivity index is 1.80. The lowest BCUT2D eigenvalue weighted by atomic mass is 9.94. The van der Waals surface area contributed by atoms with Crippen LogP contribution < -0.4 is 5.32 Å². The molecule has 0 aromatic heterocycles. The SMILES string of the molecule is O=C(Nc1ccc(Br)cc1)C1C=Nc2ccccc2C1=O. The second-order valence-corrected chi connectivity index (χ2v) is 5.55. The summed E-state index contributed by atoms with van der Waals surface area (Å²) in [5.41, 5.74) is 1.73. The smallest absolute Gasteiger partial charge is 0.240 e. The maximum atomic E-state index is 12.3. The van der Waals surface area contributed by atoms with E-state index in [0.29, 0.717) is 16.9 Å². The zero-order valence-corrected chi connectivity index (χ0v) is 12.5. The van der Waals surface area contributed by atoms with Crippen LogP contribution >= 0.6 is 15.9 Å². The molecule has 1 aliphatic rings. The van der Waals surface area contributed by atoms with Crippen molar-refractivity contribution < 1.29 is 9.59 Å². The summed E-state index contributed by atoms with van der Waals surface area (Å²) >= 11 is 3.33. The van der Waals surface area contributed by atoms with Crippen LogP contribution in [0.25, 0.3) is 0 Å². The van der Waals surface area contributed by atoms with Crippen LogP contribution in [-0.4, -0.2) is 17.9 Å². The maximum absolute atomic E-state index is 12.3. The van der Waals surface area contributed by atoms with Crippen molar-refractivity contribution >= 4 is 45.2 Å². The first-order valence-electron chi connectivity index (χ1n) is 6.39. The van der Waals surface area contributed by atoms with Crippen LogP contribution in [-0.2, 0) is 4.79 Å². The lowest BCUT2D eigenvalue weighted by Crippen LogP contribution is -2.32. The number of nitrogens with zero attached hydrogens (tertiary/aromatic N) is 1. The molecule has 3 rings (SSSR count). The quantitative estimate of drug-likeness (QED) is 0.847. The fourth-order valence-corrected chi connectivity index (χ4v) is 2.39. The van der Waals surface area contributed by atoms with Crippen LogP contribution in [0, 0.1) is 5.92 Å². The maximum Gasteiger partial charge on any atom is 0.240 e. The lowest BCUT2D eigenvalue weighted by Gasteiger charge is -2.17. The Morgan fingerprint density at radius 1 is 1.10 bits per heavy atom. The number of ketones is 1. The number of carbonyl (C=O) groups excluding carboxylic acids is 2. The molecule has 1 atom stereocenters. The highest BCUT2D eigenvalue weighted by molar-refractivity contribution is 9.10. The summed E-state index contributed by atoms with van der Waals surface area (Å²) in [4.78, 5) is 28.8. The molecule has 0 aliphatic carbocycles. The van der Waals surface area contributed by atoms with Crippen molar-refractivity contribution in [1.29, 1.82) is 0 Å². The van der Waals surface area contributed by atoms with Gasteiger partial charge in [-0.05, 0) is 36.4 Å². The number of Topliss-reactive ketones (excluding diaryl/α,β-unsaturated/α-hetero) is 1. The fourth-order valence-electron chi connectivity index (χ4n) is 2.12. The Morgan fingerprint density at radius 3 is 2.57 bits per heavy atom. The molecule has 2 aromatic carbocycles. The third kappa shape index (κ3) is 2.78. The molecule has 1 heterocycles. The molecule has 0 spiro atoms. The number of rotatable bonds is 2. The summed E-state index contributed by atoms with van der Waals surface area (Å²) in [6, 6.07) is 14.2. The molecule has 5 heteroatoms. The molecule has 2 aromatic rings. The van der Waals surface area contributed by atoms with Gasteiger partial charge in [0, 0.05) is 21.9 Å². The molecule has 0 bridgehead atoms. The molecule has 104 valence electrons. The van der Waals surface area contributed by atoms with Crippen LogP contribution in [0.4, 0.5) is 11.4 Å². The monoisotopic (exact) mass is 342 g/mol. The van der Waals surface area contributed by atoms with E-state index in [0.717, 1.165) is 4.47 Å². The first-order chi connectivity index (χ1) is 10.1. The summed E-state index contributed by atoms with van der Waals surface area (Å²) in [7, 11) is 0. The van der Waals surface area contributed by atoms with Crippen LogP contribution in [0.5, 0.6) is 0 Å². The van der Waals surface area contributed by atoms with Crippen molar-refractivity contribution in [3.05, 3.63) is 58.6 Å². The van der Waals surface area contributed by atoms with Gasteiger partial charge in [0.25, 0.3) is 0 Å². The van der Waals surface area contributed by atoms with E-state index < -0.39 is 5.92 Å². The number of anilines is 1. The normalized spacial score (nSPS) is 16.4. The number of benzene rings is 2. The Hall–Kier alpha value is -2.27. The van der Waals surface area contributed by atoms with E-state index in [1.54, 1.807) is 30.3 Å². The van der Waals surface area contributed by atoms with Crippen molar-refractivity contribution in [2.45, 2.75) is 0 Å². The third-order valence-corrected chi connectivity index (χ3v) is 3.74. The molecule has 0 radical (unpaired) electrons. The van der Waals surface area contributed by atoms with E-state index in [-0.39, 0.29) is 11.7 Å². The van der Waals surface area contributed by atoms with E-state index in [4.69, 9.17) is 0 Å². The Morgan fingerprint density at radius 2 is 1.81 bits per heavy atom. The highest BCUT2D eigenvalue weighted by Crippen LogP contribution is 2.26. The number of fused-ring (bicyclic) bond motifs is 1. The Kier molecular flexibility index (Phi) is 3.66. The van der Waals surface area contributed by atoms with Crippen LogP contribution in [0.1, 0.15) is 10.4 Å². The molecule has 1 amide bonds. The van der Waals surface area contributed by atoms with E-state index in [1.807, 2.05) is 18.2 Å². The molecule has 1 N–H and O–H groups in total. The highest BCUT2D eigenvalue weighted by Gasteiger charge is 2.30. The molecule has 1 aliphatic heterocycles. The zero-order valence-electron chi connectivity index (χ0n) is 10.9. The van der Waals surface area contributed by atoms with E-state index in [2.05, 4.69) is 26.2 Å². The van der Waals surface area contributed by atoms with Gasteiger partial charge in [0.05, 0.1) is 5.69 Å². The molecule has 1 unspecified atom stereocenters. The first-order valence-corrected chi connectivity index (χ1v) is 7.18. The van der Waals surface area contributed by atoms with Crippen molar-refractivity contribution in [1.82, 2.24) is 0 Å². The second kappa shape index (κ2) is 5.61. The van der Waals surface area contributed by atoms with Gasteiger partial charge in [-0.3, -0.25) is 14.6 Å². The minimum Gasteiger partial charge on any atom is -0.325 e. The van der Waals surface area contributed by atoms with Crippen molar-refractivity contribution in [3.8, 4) is 0 Å². The molecule has 0 saturated heterocycles. The van der Waals surface area contributed by atoms with Gasteiger partial charge >= 0.3 is 0 Å². The van der Waals surface area contributed by atoms with Gasteiger partial charge in [0.1, 0.15) is 5.92 Å². The average Bonchev–Trinajstić information content (AvgIpc) is 2.50. The van der Waals surface area contributed by atoms with Crippen molar-refractivity contribution in [3.63, 3.8) is 0 Å². The number of para-hydroxylation sites is 1. The predicted octanol–water partition coefficient (Wildman–Crippen LogP) is 3.60. The standard InChI is InChI=1S/C16H11BrN2O2/c17-10-5-7-11(8-6-10)19-16(21)13-9-18-14-4-2-1-3-12(14)15(13)20/h1-9,13H,(H,19,21). The molecule has 21 heavy (non-hydrogen) atoms. The number of hydrogen-bond acceptors (Lipinski definition) is 3. The van der Waals surface area contributed by atoms with Crippen LogP contribution in [0.15, 0.2) is 58.0 Å². The van der Waals surface area contributed by atoms with Gasteiger partial charge in [0.2, 0.25) is 5.91 Å². The summed E-state index contributed by atoms with van der Waals surface area (Å²) in [5.74, 6) is -1.49. The van der Waals surface area contributed by atoms with Gasteiger partial charge in [-0.1, -0.05) is 28.1 Å². The predicted molar refractivity (Wildman–Crippen MR) is 85.2 cm³/mol. The van der Waals surface area contributed by atoms with Gasteiger partial charge in [-0.15, -0.1) is 0 Å². The molecular formula is C16H11BrN2O2. The minimum atomic E-state index is -0.886. The first kappa shape index (κ1) is 13.7. The Labute approximate surface area is 130 Å². The van der Waals surface area contributed by atoms with Gasteiger partial charge in [-0.2, -0.15) is 0 Å². The number of carbonyl (C=O) groups is 2. The Bertz CT molecular complexity index is 738. The second-order valence-electron chi connectivity index (χ2n) is 4.63. The molecule has 4 nitrogen and oxygen atoms in total. The number of aliphatic imine (C=N–C) groups is 1. The van der Waals surface area contributed by atoms with Crippen LogP contribution in [0.2, 0.25) is 0 Å².